The summed E-state index contributed by atoms with van der Waals surface area (Å²) in [5.41, 5.74) is 4.06. The first-order valence-electron chi connectivity index (χ1n) is 10.6. The van der Waals surface area contributed by atoms with Crippen molar-refractivity contribution in [2.24, 2.45) is 0 Å². The summed E-state index contributed by atoms with van der Waals surface area (Å²) in [5.74, 6) is 0.316. The zero-order valence-corrected chi connectivity index (χ0v) is 16.8. The molecule has 1 aromatic carbocycles. The van der Waals surface area contributed by atoms with Gasteiger partial charge in [-0.3, -0.25) is 0 Å². The van der Waals surface area contributed by atoms with Crippen LogP contribution in [0.5, 0.6) is 0 Å². The molecule has 142 valence electrons. The molecule has 2 nitrogen and oxygen atoms in total. The molecule has 0 bridgehead atoms. The van der Waals surface area contributed by atoms with Crippen LogP contribution < -0.4 is 0 Å². The number of nitrogens with zero attached hydrogens (tertiary/aromatic N) is 1. The van der Waals surface area contributed by atoms with Gasteiger partial charge in [-0.05, 0) is 56.5 Å². The van der Waals surface area contributed by atoms with E-state index in [0.29, 0.717) is 5.92 Å². The van der Waals surface area contributed by atoms with Gasteiger partial charge in [-0.15, -0.1) is 0 Å². The summed E-state index contributed by atoms with van der Waals surface area (Å²) < 4.78 is 0. The minimum atomic E-state index is -0.220. The Hall–Kier alpha value is -0.860. The Morgan fingerprint density at radius 2 is 1.56 bits per heavy atom. The summed E-state index contributed by atoms with van der Waals surface area (Å²) in [5, 5.41) is 10.7. The number of aliphatic hydroxyl groups excluding tert-OH is 1. The number of piperidine rings is 1. The molecule has 0 aliphatic carbocycles. The number of aliphatic hydroxyl groups is 1. The van der Waals surface area contributed by atoms with Gasteiger partial charge < -0.3 is 10.0 Å². The number of benzene rings is 1. The monoisotopic (exact) mass is 345 g/mol. The van der Waals surface area contributed by atoms with E-state index in [2.05, 4.69) is 43.9 Å². The van der Waals surface area contributed by atoms with Gasteiger partial charge >= 0.3 is 0 Å². The van der Waals surface area contributed by atoms with E-state index in [1.807, 2.05) is 0 Å². The molecule has 1 aliphatic heterocycles. The van der Waals surface area contributed by atoms with Crippen molar-refractivity contribution in [2.75, 3.05) is 19.6 Å². The summed E-state index contributed by atoms with van der Waals surface area (Å²) >= 11 is 0. The van der Waals surface area contributed by atoms with Crippen molar-refractivity contribution < 1.29 is 5.11 Å². The van der Waals surface area contributed by atoms with Crippen molar-refractivity contribution in [3.05, 3.63) is 34.9 Å². The van der Waals surface area contributed by atoms with Crippen molar-refractivity contribution in [1.29, 1.82) is 0 Å². The van der Waals surface area contributed by atoms with E-state index in [1.54, 1.807) is 0 Å². The molecule has 2 unspecified atom stereocenters. The number of unbranched alkanes of at least 4 members (excludes halogenated alkanes) is 7. The van der Waals surface area contributed by atoms with Crippen molar-refractivity contribution in [1.82, 2.24) is 4.90 Å². The van der Waals surface area contributed by atoms with Crippen molar-refractivity contribution >= 4 is 0 Å². The molecule has 0 saturated carbocycles. The normalized spacial score (nSPS) is 21.6. The van der Waals surface area contributed by atoms with E-state index in [9.17, 15) is 5.11 Å². The molecule has 0 amide bonds. The minimum Gasteiger partial charge on any atom is -0.391 e. The highest BCUT2D eigenvalue weighted by molar-refractivity contribution is 5.37. The first kappa shape index (κ1) is 20.5. The second kappa shape index (κ2) is 11.0. The number of aryl methyl sites for hydroxylation is 2. The maximum atomic E-state index is 10.7. The molecule has 25 heavy (non-hydrogen) atoms. The zero-order valence-electron chi connectivity index (χ0n) is 16.8. The highest BCUT2D eigenvalue weighted by Gasteiger charge is 2.30. The first-order valence-corrected chi connectivity index (χ1v) is 10.6. The summed E-state index contributed by atoms with van der Waals surface area (Å²) in [7, 11) is 0. The molecular formula is C23H39NO. The average Bonchev–Trinajstić information content (AvgIpc) is 2.59. The molecule has 1 saturated heterocycles. The average molecular weight is 346 g/mol. The molecule has 1 heterocycles. The van der Waals surface area contributed by atoms with Gasteiger partial charge in [0.25, 0.3) is 0 Å². The van der Waals surface area contributed by atoms with Gasteiger partial charge in [0.15, 0.2) is 0 Å². The smallest absolute Gasteiger partial charge is 0.0736 e. The maximum absolute atomic E-state index is 10.7. The summed E-state index contributed by atoms with van der Waals surface area (Å²) in [6.45, 7) is 9.77. The highest BCUT2D eigenvalue weighted by atomic mass is 16.3. The Morgan fingerprint density at radius 3 is 2.16 bits per heavy atom. The van der Waals surface area contributed by atoms with Crippen LogP contribution in [0.1, 0.15) is 87.3 Å². The SMILES string of the molecule is CCCCCCCCCCN1CCC(c2c(C)cccc2C)C(O)C1. The van der Waals surface area contributed by atoms with E-state index >= 15 is 0 Å². The van der Waals surface area contributed by atoms with Crippen LogP contribution in [-0.4, -0.2) is 35.7 Å². The number of likely N-dealkylation sites (tertiary alicyclic amines) is 1. The van der Waals surface area contributed by atoms with E-state index in [4.69, 9.17) is 0 Å². The van der Waals surface area contributed by atoms with Crippen LogP contribution in [0.2, 0.25) is 0 Å². The molecule has 0 spiro atoms. The molecule has 2 heteroatoms. The van der Waals surface area contributed by atoms with Gasteiger partial charge in [-0.1, -0.05) is 70.1 Å². The molecule has 1 aromatic rings. The maximum Gasteiger partial charge on any atom is 0.0736 e. The third kappa shape index (κ3) is 6.42. The summed E-state index contributed by atoms with van der Waals surface area (Å²) in [6.07, 6.45) is 11.8. The quantitative estimate of drug-likeness (QED) is 0.558. The Labute approximate surface area is 155 Å². The van der Waals surface area contributed by atoms with E-state index in [0.717, 1.165) is 26.1 Å². The summed E-state index contributed by atoms with van der Waals surface area (Å²) in [4.78, 5) is 2.48. The lowest BCUT2D eigenvalue weighted by Gasteiger charge is -2.37. The minimum absolute atomic E-state index is 0.220. The van der Waals surface area contributed by atoms with Crippen LogP contribution in [0.15, 0.2) is 18.2 Å². The van der Waals surface area contributed by atoms with Gasteiger partial charge in [0, 0.05) is 12.5 Å². The fourth-order valence-corrected chi connectivity index (χ4v) is 4.42. The second-order valence-corrected chi connectivity index (χ2v) is 8.04. The predicted molar refractivity (Wildman–Crippen MR) is 108 cm³/mol. The molecule has 2 atom stereocenters. The van der Waals surface area contributed by atoms with Crippen molar-refractivity contribution in [2.45, 2.75) is 90.6 Å². The lowest BCUT2D eigenvalue weighted by molar-refractivity contribution is 0.0501. The topological polar surface area (TPSA) is 23.5 Å². The van der Waals surface area contributed by atoms with Gasteiger partial charge in [0.2, 0.25) is 0 Å². The Morgan fingerprint density at radius 1 is 0.960 bits per heavy atom. The predicted octanol–water partition coefficient (Wildman–Crippen LogP) is 5.59. The van der Waals surface area contributed by atoms with Gasteiger partial charge in [-0.25, -0.2) is 0 Å². The van der Waals surface area contributed by atoms with Crippen LogP contribution >= 0.6 is 0 Å². The van der Waals surface area contributed by atoms with Crippen LogP contribution in [0, 0.1) is 13.8 Å². The van der Waals surface area contributed by atoms with Crippen LogP contribution in [0.25, 0.3) is 0 Å². The van der Waals surface area contributed by atoms with E-state index in [-0.39, 0.29) is 6.10 Å². The Bertz CT molecular complexity index is 479. The molecule has 1 aliphatic rings. The van der Waals surface area contributed by atoms with Crippen LogP contribution in [0.4, 0.5) is 0 Å². The lowest BCUT2D eigenvalue weighted by Crippen LogP contribution is -2.43. The van der Waals surface area contributed by atoms with E-state index < -0.39 is 0 Å². The molecule has 1 fully saturated rings. The fraction of sp³-hybridized carbons (Fsp3) is 0.739. The number of hydrogen-bond donors (Lipinski definition) is 1. The Balaban J connectivity index is 1.68. The van der Waals surface area contributed by atoms with Gasteiger partial charge in [0.1, 0.15) is 0 Å². The Kier molecular flexibility index (Phi) is 8.98. The second-order valence-electron chi connectivity index (χ2n) is 8.04. The lowest BCUT2D eigenvalue weighted by atomic mass is 9.82. The first-order chi connectivity index (χ1) is 12.1. The molecule has 2 rings (SSSR count). The fourth-order valence-electron chi connectivity index (χ4n) is 4.42. The molecule has 0 aromatic heterocycles. The van der Waals surface area contributed by atoms with Crippen LogP contribution in [-0.2, 0) is 0 Å². The molecule has 1 N–H and O–H groups in total. The molecule has 0 radical (unpaired) electrons. The van der Waals surface area contributed by atoms with Gasteiger partial charge in [0.05, 0.1) is 6.10 Å². The van der Waals surface area contributed by atoms with E-state index in [1.165, 1.54) is 68.1 Å². The number of rotatable bonds is 10. The number of hydrogen-bond acceptors (Lipinski definition) is 2. The summed E-state index contributed by atoms with van der Waals surface area (Å²) in [6, 6.07) is 6.49. The standard InChI is InChI=1S/C23H39NO/c1-4-5-6-7-8-9-10-11-16-24-17-15-21(22(25)18-24)23-19(2)13-12-14-20(23)3/h12-14,21-22,25H,4-11,15-18H2,1-3H3. The largest absolute Gasteiger partial charge is 0.391 e. The third-order valence-electron chi connectivity index (χ3n) is 5.91. The van der Waals surface area contributed by atoms with Crippen LogP contribution in [0.3, 0.4) is 0 Å². The van der Waals surface area contributed by atoms with Crippen molar-refractivity contribution in [3.8, 4) is 0 Å². The zero-order chi connectivity index (χ0) is 18.1. The third-order valence-corrected chi connectivity index (χ3v) is 5.91. The number of β-amino-alcohol motifs (C(OH)–C–C–N with tert-alkyl or cyclic N) is 1. The molecular weight excluding hydrogens is 306 g/mol. The van der Waals surface area contributed by atoms with Crippen molar-refractivity contribution in [3.63, 3.8) is 0 Å². The highest BCUT2D eigenvalue weighted by Crippen LogP contribution is 2.32. The van der Waals surface area contributed by atoms with Gasteiger partial charge in [-0.2, -0.15) is 0 Å².